The average Bonchev–Trinajstić information content (AvgIpc) is 2.14. The summed E-state index contributed by atoms with van der Waals surface area (Å²) in [5, 5.41) is 0. The summed E-state index contributed by atoms with van der Waals surface area (Å²) in [4.78, 5) is 0.556. The van der Waals surface area contributed by atoms with Crippen LogP contribution in [0.2, 0.25) is 6.32 Å². The van der Waals surface area contributed by atoms with Crippen LogP contribution in [0.3, 0.4) is 0 Å². The number of hydrogen-bond donors (Lipinski definition) is 0. The van der Waals surface area contributed by atoms with Crippen LogP contribution in [0.5, 0.6) is 0 Å². The minimum Gasteiger partial charge on any atom is -0.0891 e. The molecule has 0 N–H and O–H groups in total. The van der Waals surface area contributed by atoms with Gasteiger partial charge >= 0.3 is 0 Å². The maximum Gasteiger partial charge on any atom is 0.0657 e. The first kappa shape index (κ1) is 14.5. The zero-order valence-electron chi connectivity index (χ0n) is 9.93. The first-order valence-corrected chi connectivity index (χ1v) is 6.93. The van der Waals surface area contributed by atoms with Crippen LogP contribution in [0.1, 0.15) is 52.9 Å². The highest BCUT2D eigenvalue weighted by atomic mass is 79.9. The zero-order valence-corrected chi connectivity index (χ0v) is 11.5. The predicted octanol–water partition coefficient (Wildman–Crippen LogP) is 4.58. The Morgan fingerprint density at radius 2 is 1.79 bits per heavy atom. The summed E-state index contributed by atoms with van der Waals surface area (Å²) in [6, 6.07) is 0. The SMILES string of the molecule is [B]CC(C(C)Br)[C@@H](CCC)CCCC. The van der Waals surface area contributed by atoms with Gasteiger partial charge in [-0.1, -0.05) is 75.1 Å². The Morgan fingerprint density at radius 1 is 1.14 bits per heavy atom. The lowest BCUT2D eigenvalue weighted by molar-refractivity contribution is 0.306. The van der Waals surface area contributed by atoms with Crippen LogP contribution < -0.4 is 0 Å². The van der Waals surface area contributed by atoms with Crippen LogP contribution in [0, 0.1) is 11.8 Å². The number of unbranched alkanes of at least 4 members (excludes halogenated alkanes) is 1. The molecule has 0 aliphatic carbocycles. The standard InChI is InChI=1S/C12H24BBr/c1-4-6-8-11(7-5-2)12(9-13)10(3)14/h10-12H,4-9H2,1-3H3/t10?,11-,12?/m0/s1. The normalized spacial score (nSPS) is 17.7. The fourth-order valence-electron chi connectivity index (χ4n) is 2.16. The third-order valence-corrected chi connectivity index (χ3v) is 3.73. The molecular weight excluding hydrogens is 235 g/mol. The lowest BCUT2D eigenvalue weighted by Crippen LogP contribution is -2.21. The van der Waals surface area contributed by atoms with Crippen molar-refractivity contribution >= 4 is 23.8 Å². The first-order valence-electron chi connectivity index (χ1n) is 6.01. The van der Waals surface area contributed by atoms with Crippen molar-refractivity contribution < 1.29 is 0 Å². The van der Waals surface area contributed by atoms with Crippen molar-refractivity contribution in [2.45, 2.75) is 64.0 Å². The van der Waals surface area contributed by atoms with E-state index >= 15 is 0 Å². The second-order valence-electron chi connectivity index (χ2n) is 4.27. The number of hydrogen-bond acceptors (Lipinski definition) is 0. The zero-order chi connectivity index (χ0) is 11.0. The van der Waals surface area contributed by atoms with Gasteiger partial charge in [0.2, 0.25) is 0 Å². The molecule has 0 aromatic carbocycles. The highest BCUT2D eigenvalue weighted by molar-refractivity contribution is 9.09. The summed E-state index contributed by atoms with van der Waals surface area (Å²) < 4.78 is 0. The lowest BCUT2D eigenvalue weighted by atomic mass is 9.76. The van der Waals surface area contributed by atoms with Crippen molar-refractivity contribution in [1.82, 2.24) is 0 Å². The molecule has 0 aliphatic rings. The quantitative estimate of drug-likeness (QED) is 0.442. The molecule has 0 amide bonds. The van der Waals surface area contributed by atoms with E-state index in [4.69, 9.17) is 7.85 Å². The highest BCUT2D eigenvalue weighted by Gasteiger charge is 2.22. The van der Waals surface area contributed by atoms with Crippen LogP contribution in [-0.4, -0.2) is 12.7 Å². The van der Waals surface area contributed by atoms with Crippen molar-refractivity contribution in [2.24, 2.45) is 11.8 Å². The average molecular weight is 259 g/mol. The van der Waals surface area contributed by atoms with Crippen LogP contribution in [0.4, 0.5) is 0 Å². The van der Waals surface area contributed by atoms with Crippen LogP contribution in [0.25, 0.3) is 0 Å². The summed E-state index contributed by atoms with van der Waals surface area (Å²) in [5.74, 6) is 1.47. The van der Waals surface area contributed by atoms with Crippen molar-refractivity contribution in [3.8, 4) is 0 Å². The van der Waals surface area contributed by atoms with E-state index in [-0.39, 0.29) is 0 Å². The molecule has 0 spiro atoms. The summed E-state index contributed by atoms with van der Waals surface area (Å²) in [7, 11) is 5.85. The van der Waals surface area contributed by atoms with E-state index in [1.54, 1.807) is 0 Å². The van der Waals surface area contributed by atoms with Gasteiger partial charge in [-0.2, -0.15) is 0 Å². The second-order valence-corrected chi connectivity index (χ2v) is 5.71. The monoisotopic (exact) mass is 258 g/mol. The van der Waals surface area contributed by atoms with Crippen LogP contribution in [0.15, 0.2) is 0 Å². The molecule has 0 saturated heterocycles. The number of halogens is 1. The largest absolute Gasteiger partial charge is 0.0891 e. The summed E-state index contributed by atoms with van der Waals surface area (Å²) in [6.07, 6.45) is 7.43. The minimum atomic E-state index is 0.556. The van der Waals surface area contributed by atoms with Crippen LogP contribution >= 0.6 is 15.9 Å². The third-order valence-electron chi connectivity index (χ3n) is 3.06. The highest BCUT2D eigenvalue weighted by Crippen LogP contribution is 2.31. The number of alkyl halides is 1. The van der Waals surface area contributed by atoms with E-state index in [9.17, 15) is 0 Å². The van der Waals surface area contributed by atoms with E-state index in [1.165, 1.54) is 32.1 Å². The van der Waals surface area contributed by atoms with E-state index in [0.29, 0.717) is 10.7 Å². The Bertz CT molecular complexity index is 125. The van der Waals surface area contributed by atoms with Crippen molar-refractivity contribution in [1.29, 1.82) is 0 Å². The van der Waals surface area contributed by atoms with E-state index in [1.807, 2.05) is 0 Å². The molecule has 0 aromatic rings. The molecule has 0 rings (SSSR count). The lowest BCUT2D eigenvalue weighted by Gasteiger charge is -2.28. The van der Waals surface area contributed by atoms with Gasteiger partial charge in [-0.05, 0) is 11.8 Å². The molecule has 0 aromatic heterocycles. The molecule has 2 radical (unpaired) electrons. The fourth-order valence-corrected chi connectivity index (χ4v) is 2.81. The van der Waals surface area contributed by atoms with Crippen molar-refractivity contribution in [3.63, 3.8) is 0 Å². The maximum absolute atomic E-state index is 5.85. The molecule has 0 fully saturated rings. The van der Waals surface area contributed by atoms with Crippen molar-refractivity contribution in [3.05, 3.63) is 0 Å². The number of rotatable bonds is 8. The van der Waals surface area contributed by atoms with Gasteiger partial charge in [-0.3, -0.25) is 0 Å². The predicted molar refractivity (Wildman–Crippen MR) is 70.4 cm³/mol. The third kappa shape index (κ3) is 5.43. The summed E-state index contributed by atoms with van der Waals surface area (Å²) in [6.45, 7) is 6.76. The summed E-state index contributed by atoms with van der Waals surface area (Å²) >= 11 is 3.68. The minimum absolute atomic E-state index is 0.556. The molecule has 3 atom stereocenters. The van der Waals surface area contributed by atoms with Gasteiger partial charge < -0.3 is 0 Å². The molecule has 0 saturated carbocycles. The topological polar surface area (TPSA) is 0 Å². The molecular formula is C12H24BBr. The molecule has 0 aliphatic heterocycles. The van der Waals surface area contributed by atoms with Crippen LogP contribution in [-0.2, 0) is 0 Å². The first-order chi connectivity index (χ1) is 6.67. The van der Waals surface area contributed by atoms with Gasteiger partial charge in [0.25, 0.3) is 0 Å². The van der Waals surface area contributed by atoms with Gasteiger partial charge in [-0.25, -0.2) is 0 Å². The molecule has 0 heterocycles. The molecule has 2 heteroatoms. The Kier molecular flexibility index (Phi) is 9.16. The van der Waals surface area contributed by atoms with Gasteiger partial charge in [0.1, 0.15) is 0 Å². The van der Waals surface area contributed by atoms with Gasteiger partial charge in [-0.15, -0.1) is 0 Å². The summed E-state index contributed by atoms with van der Waals surface area (Å²) in [5.41, 5.74) is 0. The smallest absolute Gasteiger partial charge is 0.0657 e. The molecule has 0 nitrogen and oxygen atoms in total. The molecule has 2 unspecified atom stereocenters. The molecule has 14 heavy (non-hydrogen) atoms. The van der Waals surface area contributed by atoms with E-state index in [0.717, 1.165) is 12.2 Å². The maximum atomic E-state index is 5.85. The Hall–Kier alpha value is 0.545. The van der Waals surface area contributed by atoms with Gasteiger partial charge in [0, 0.05) is 4.83 Å². The Labute approximate surface area is 99.8 Å². The molecule has 0 bridgehead atoms. The Balaban J connectivity index is 4.12. The van der Waals surface area contributed by atoms with Gasteiger partial charge in [0.05, 0.1) is 7.85 Å². The Morgan fingerprint density at radius 3 is 2.14 bits per heavy atom. The van der Waals surface area contributed by atoms with E-state index < -0.39 is 0 Å². The van der Waals surface area contributed by atoms with Gasteiger partial charge in [0.15, 0.2) is 0 Å². The van der Waals surface area contributed by atoms with Crippen molar-refractivity contribution in [2.75, 3.05) is 0 Å². The second kappa shape index (κ2) is 8.82. The fraction of sp³-hybridized carbons (Fsp3) is 1.00. The molecule has 82 valence electrons. The van der Waals surface area contributed by atoms with E-state index in [2.05, 4.69) is 36.7 Å².